The second-order valence-corrected chi connectivity index (χ2v) is 4.83. The first kappa shape index (κ1) is 13.3. The number of anilines is 2. The van der Waals surface area contributed by atoms with E-state index in [-0.39, 0.29) is 5.69 Å². The maximum atomic E-state index is 10.7. The molecule has 0 saturated heterocycles. The molecular formula is C15H10ClN3O2. The Morgan fingerprint density at radius 3 is 2.67 bits per heavy atom. The zero-order valence-corrected chi connectivity index (χ0v) is 11.5. The van der Waals surface area contributed by atoms with Crippen LogP contribution in [0.5, 0.6) is 0 Å². The number of fused-ring (bicyclic) bond motifs is 1. The van der Waals surface area contributed by atoms with E-state index in [2.05, 4.69) is 10.3 Å². The monoisotopic (exact) mass is 299 g/mol. The Hall–Kier alpha value is -2.66. The number of pyridine rings is 1. The number of rotatable bonds is 3. The van der Waals surface area contributed by atoms with Gasteiger partial charge in [-0.2, -0.15) is 0 Å². The molecule has 0 aliphatic heterocycles. The third-order valence-electron chi connectivity index (χ3n) is 3.08. The van der Waals surface area contributed by atoms with Gasteiger partial charge < -0.3 is 5.32 Å². The van der Waals surface area contributed by atoms with Gasteiger partial charge in [-0.25, -0.2) is 0 Å². The summed E-state index contributed by atoms with van der Waals surface area (Å²) in [7, 11) is 0. The number of para-hydroxylation sites is 1. The van der Waals surface area contributed by atoms with Crippen molar-refractivity contribution in [3.63, 3.8) is 0 Å². The molecule has 2 aromatic carbocycles. The van der Waals surface area contributed by atoms with Crippen LogP contribution in [0.3, 0.4) is 0 Å². The summed E-state index contributed by atoms with van der Waals surface area (Å²) in [6.45, 7) is 0. The minimum Gasteiger partial charge on any atom is -0.354 e. The lowest BCUT2D eigenvalue weighted by molar-refractivity contribution is -0.384. The molecule has 0 aliphatic rings. The van der Waals surface area contributed by atoms with E-state index in [0.29, 0.717) is 10.7 Å². The number of nitro benzene ring substituents is 1. The van der Waals surface area contributed by atoms with E-state index in [4.69, 9.17) is 11.6 Å². The van der Waals surface area contributed by atoms with Crippen LogP contribution in [0.25, 0.3) is 10.9 Å². The first-order valence-corrected chi connectivity index (χ1v) is 6.57. The third-order valence-corrected chi connectivity index (χ3v) is 3.39. The molecule has 21 heavy (non-hydrogen) atoms. The third kappa shape index (κ3) is 2.64. The second-order valence-electron chi connectivity index (χ2n) is 4.42. The van der Waals surface area contributed by atoms with Crippen LogP contribution in [0.4, 0.5) is 17.1 Å². The fourth-order valence-corrected chi connectivity index (χ4v) is 2.29. The van der Waals surface area contributed by atoms with E-state index in [0.717, 1.165) is 16.6 Å². The summed E-state index contributed by atoms with van der Waals surface area (Å²) in [6, 6.07) is 13.9. The number of aromatic nitrogens is 1. The molecule has 1 heterocycles. The van der Waals surface area contributed by atoms with Crippen molar-refractivity contribution in [2.24, 2.45) is 0 Å². The van der Waals surface area contributed by atoms with Gasteiger partial charge in [-0.3, -0.25) is 15.1 Å². The van der Waals surface area contributed by atoms with Crippen molar-refractivity contribution >= 4 is 39.6 Å². The second kappa shape index (κ2) is 5.38. The van der Waals surface area contributed by atoms with Crippen LogP contribution in [-0.4, -0.2) is 9.91 Å². The van der Waals surface area contributed by atoms with E-state index in [1.807, 2.05) is 30.3 Å². The predicted molar refractivity (Wildman–Crippen MR) is 83.1 cm³/mol. The van der Waals surface area contributed by atoms with E-state index < -0.39 is 4.92 Å². The summed E-state index contributed by atoms with van der Waals surface area (Å²) in [4.78, 5) is 14.5. The van der Waals surface area contributed by atoms with Crippen LogP contribution in [0.1, 0.15) is 0 Å². The number of halogens is 1. The number of benzene rings is 2. The lowest BCUT2D eigenvalue weighted by Gasteiger charge is -2.10. The first-order chi connectivity index (χ1) is 10.1. The zero-order chi connectivity index (χ0) is 14.8. The van der Waals surface area contributed by atoms with Crippen molar-refractivity contribution in [3.05, 3.63) is 69.9 Å². The highest BCUT2D eigenvalue weighted by Crippen LogP contribution is 2.31. The maximum Gasteiger partial charge on any atom is 0.271 e. The van der Waals surface area contributed by atoms with Crippen LogP contribution >= 0.6 is 11.6 Å². The van der Waals surface area contributed by atoms with Crippen LogP contribution in [0.15, 0.2) is 54.7 Å². The summed E-state index contributed by atoms with van der Waals surface area (Å²) in [5, 5.41) is 15.2. The molecule has 0 atom stereocenters. The number of nitro groups is 1. The molecule has 3 aromatic rings. The maximum absolute atomic E-state index is 10.7. The molecule has 1 aromatic heterocycles. The average Bonchev–Trinajstić information content (AvgIpc) is 2.49. The van der Waals surface area contributed by atoms with Gasteiger partial charge in [0.05, 0.1) is 21.2 Å². The standard InChI is InChI=1S/C15H10ClN3O2/c16-12-9-10(19(20)21)5-6-15(12)18-14-7-8-17-13-4-2-1-3-11(13)14/h1-9H,(H,17,18). The molecule has 1 N–H and O–H groups in total. The number of hydrogen-bond donors (Lipinski definition) is 1. The number of nitrogens with zero attached hydrogens (tertiary/aromatic N) is 2. The summed E-state index contributed by atoms with van der Waals surface area (Å²) in [6.07, 6.45) is 1.70. The fraction of sp³-hybridized carbons (Fsp3) is 0. The molecule has 6 heteroatoms. The topological polar surface area (TPSA) is 68.1 Å². The Morgan fingerprint density at radius 2 is 1.90 bits per heavy atom. The average molecular weight is 300 g/mol. The van der Waals surface area contributed by atoms with E-state index in [9.17, 15) is 10.1 Å². The summed E-state index contributed by atoms with van der Waals surface area (Å²) in [5.41, 5.74) is 2.28. The Labute approximate surface area is 125 Å². The molecular weight excluding hydrogens is 290 g/mol. The highest BCUT2D eigenvalue weighted by molar-refractivity contribution is 6.33. The van der Waals surface area contributed by atoms with Crippen molar-refractivity contribution in [3.8, 4) is 0 Å². The molecule has 0 fully saturated rings. The molecule has 0 saturated carbocycles. The highest BCUT2D eigenvalue weighted by Gasteiger charge is 2.10. The van der Waals surface area contributed by atoms with Crippen molar-refractivity contribution in [1.29, 1.82) is 0 Å². The molecule has 0 spiro atoms. The Kier molecular flexibility index (Phi) is 3.41. The molecule has 3 rings (SSSR count). The summed E-state index contributed by atoms with van der Waals surface area (Å²) in [5.74, 6) is 0. The lowest BCUT2D eigenvalue weighted by atomic mass is 10.2. The lowest BCUT2D eigenvalue weighted by Crippen LogP contribution is -1.95. The van der Waals surface area contributed by atoms with Gasteiger partial charge in [0.1, 0.15) is 0 Å². The van der Waals surface area contributed by atoms with Gasteiger partial charge in [-0.1, -0.05) is 29.8 Å². The quantitative estimate of drug-likeness (QED) is 0.569. The van der Waals surface area contributed by atoms with Gasteiger partial charge in [0.25, 0.3) is 5.69 Å². The minimum atomic E-state index is -0.475. The number of hydrogen-bond acceptors (Lipinski definition) is 4. The molecule has 0 radical (unpaired) electrons. The van der Waals surface area contributed by atoms with Crippen LogP contribution in [0, 0.1) is 10.1 Å². The predicted octanol–water partition coefficient (Wildman–Crippen LogP) is 4.54. The Bertz CT molecular complexity index is 831. The van der Waals surface area contributed by atoms with Crippen LogP contribution < -0.4 is 5.32 Å². The van der Waals surface area contributed by atoms with Crippen LogP contribution in [-0.2, 0) is 0 Å². The molecule has 5 nitrogen and oxygen atoms in total. The van der Waals surface area contributed by atoms with Crippen LogP contribution in [0.2, 0.25) is 5.02 Å². The van der Waals surface area contributed by atoms with Crippen molar-refractivity contribution < 1.29 is 4.92 Å². The molecule has 0 bridgehead atoms. The molecule has 0 amide bonds. The van der Waals surface area contributed by atoms with Gasteiger partial charge in [-0.05, 0) is 18.2 Å². The van der Waals surface area contributed by atoms with E-state index in [1.54, 1.807) is 12.3 Å². The van der Waals surface area contributed by atoms with E-state index >= 15 is 0 Å². The fourth-order valence-electron chi connectivity index (χ4n) is 2.07. The Balaban J connectivity index is 2.01. The van der Waals surface area contributed by atoms with Gasteiger partial charge in [0, 0.05) is 29.4 Å². The molecule has 0 unspecified atom stereocenters. The normalized spacial score (nSPS) is 10.5. The molecule has 0 aliphatic carbocycles. The number of non-ortho nitro benzene ring substituents is 1. The van der Waals surface area contributed by atoms with Gasteiger partial charge in [0.15, 0.2) is 0 Å². The summed E-state index contributed by atoms with van der Waals surface area (Å²) < 4.78 is 0. The van der Waals surface area contributed by atoms with E-state index in [1.165, 1.54) is 12.1 Å². The smallest absolute Gasteiger partial charge is 0.271 e. The SMILES string of the molecule is O=[N+]([O-])c1ccc(Nc2ccnc3ccccc23)c(Cl)c1. The first-order valence-electron chi connectivity index (χ1n) is 6.20. The zero-order valence-electron chi connectivity index (χ0n) is 10.8. The van der Waals surface area contributed by atoms with Gasteiger partial charge >= 0.3 is 0 Å². The van der Waals surface area contributed by atoms with Gasteiger partial charge in [-0.15, -0.1) is 0 Å². The number of nitrogens with one attached hydrogen (secondary N) is 1. The van der Waals surface area contributed by atoms with Crippen molar-refractivity contribution in [1.82, 2.24) is 4.98 Å². The summed E-state index contributed by atoms with van der Waals surface area (Å²) >= 11 is 6.09. The largest absolute Gasteiger partial charge is 0.354 e. The van der Waals surface area contributed by atoms with Crippen molar-refractivity contribution in [2.45, 2.75) is 0 Å². The van der Waals surface area contributed by atoms with Gasteiger partial charge in [0.2, 0.25) is 0 Å². The highest BCUT2D eigenvalue weighted by atomic mass is 35.5. The van der Waals surface area contributed by atoms with Crippen molar-refractivity contribution in [2.75, 3.05) is 5.32 Å². The Morgan fingerprint density at radius 1 is 1.10 bits per heavy atom. The minimum absolute atomic E-state index is 0.0369. The molecule has 104 valence electrons.